The Morgan fingerprint density at radius 3 is 2.36 bits per heavy atom. The van der Waals surface area contributed by atoms with Crippen LogP contribution in [-0.2, 0) is 16.0 Å². The van der Waals surface area contributed by atoms with Crippen LogP contribution in [0.3, 0.4) is 0 Å². The molecule has 2 heterocycles. The van der Waals surface area contributed by atoms with E-state index in [-0.39, 0.29) is 11.6 Å². The molecule has 0 spiro atoms. The highest BCUT2D eigenvalue weighted by atomic mass is 19.4. The van der Waals surface area contributed by atoms with Crippen LogP contribution in [0.15, 0.2) is 97.2 Å². The SMILES string of the molecule is N#C[C@@H]1CC(F)(F)CN1C(=O)CNC(=O)c1ccnc2ccc(-c3ccc(OC[C@@H](N)Cc4ccc5ccccc5c4)cc3)cc12.O=C(O)C(F)(F)F. The minimum absolute atomic E-state index is 0.183. The number of hydrogen-bond donors (Lipinski definition) is 3. The highest BCUT2D eigenvalue weighted by Crippen LogP contribution is 2.32. The van der Waals surface area contributed by atoms with Gasteiger partial charge in [0.15, 0.2) is 0 Å². The van der Waals surface area contributed by atoms with Gasteiger partial charge in [0.1, 0.15) is 18.4 Å². The molecule has 4 aromatic carbocycles. The molecule has 53 heavy (non-hydrogen) atoms. The number of likely N-dealkylation sites (tertiary alicyclic amines) is 1. The predicted molar refractivity (Wildman–Crippen MR) is 185 cm³/mol. The largest absolute Gasteiger partial charge is 0.492 e. The number of hydrogen-bond acceptors (Lipinski definition) is 7. The van der Waals surface area contributed by atoms with Crippen LogP contribution in [0, 0.1) is 11.3 Å². The molecule has 0 aliphatic carbocycles. The molecule has 1 fully saturated rings. The van der Waals surface area contributed by atoms with Crippen molar-refractivity contribution in [3.05, 3.63) is 108 Å². The van der Waals surface area contributed by atoms with Gasteiger partial charge in [0.2, 0.25) is 5.91 Å². The fourth-order valence-corrected chi connectivity index (χ4v) is 5.75. The average Bonchev–Trinajstić information content (AvgIpc) is 3.46. The Bertz CT molecular complexity index is 2170. The standard InChI is InChI=1S/C36H31F2N5O3.C2HF3O2/c37-36(38)18-29(19-39)43(22-36)34(44)20-42-35(45)31-13-14-41-33-12-9-27(17-32(31)33)25-7-10-30(11-8-25)46-21-28(40)16-23-5-6-24-3-1-2-4-26(24)15-23;3-2(4,5)1(6)7/h1-15,17,28-29H,16,18,20-22,40H2,(H,42,45);(H,6,7)/t28-,29-;/m0./s1. The van der Waals surface area contributed by atoms with E-state index >= 15 is 0 Å². The zero-order valence-electron chi connectivity index (χ0n) is 27.8. The van der Waals surface area contributed by atoms with Gasteiger partial charge in [-0.3, -0.25) is 14.6 Å². The first-order valence-electron chi connectivity index (χ1n) is 16.1. The minimum Gasteiger partial charge on any atom is -0.492 e. The van der Waals surface area contributed by atoms with Gasteiger partial charge in [0, 0.05) is 24.0 Å². The van der Waals surface area contributed by atoms with E-state index in [1.165, 1.54) is 23.0 Å². The Labute approximate surface area is 299 Å². The maximum absolute atomic E-state index is 13.8. The number of carbonyl (C=O) groups excluding carboxylic acids is 2. The molecule has 4 N–H and O–H groups in total. The molecule has 5 aromatic rings. The Morgan fingerprint density at radius 1 is 1.00 bits per heavy atom. The van der Waals surface area contributed by atoms with Crippen LogP contribution >= 0.6 is 0 Å². The van der Waals surface area contributed by atoms with Crippen LogP contribution in [0.5, 0.6) is 5.75 Å². The molecule has 0 saturated carbocycles. The summed E-state index contributed by atoms with van der Waals surface area (Å²) in [5.74, 6) is -6.51. The first-order valence-corrected chi connectivity index (χ1v) is 16.1. The van der Waals surface area contributed by atoms with Crippen LogP contribution in [0.4, 0.5) is 22.0 Å². The molecule has 1 aliphatic heterocycles. The molecule has 0 bridgehead atoms. The first kappa shape index (κ1) is 38.1. The Hall–Kier alpha value is -6.14. The second-order valence-corrected chi connectivity index (χ2v) is 12.3. The first-order chi connectivity index (χ1) is 25.1. The lowest BCUT2D eigenvalue weighted by molar-refractivity contribution is -0.192. The van der Waals surface area contributed by atoms with Crippen molar-refractivity contribution in [3.63, 3.8) is 0 Å². The minimum atomic E-state index is -5.08. The maximum atomic E-state index is 13.8. The van der Waals surface area contributed by atoms with Crippen molar-refractivity contribution < 1.29 is 46.2 Å². The maximum Gasteiger partial charge on any atom is 0.490 e. The number of carbonyl (C=O) groups is 3. The number of alkyl halides is 5. The number of nitrogens with one attached hydrogen (secondary N) is 1. The number of amides is 2. The van der Waals surface area contributed by atoms with E-state index in [1.54, 1.807) is 12.1 Å². The number of carboxylic acids is 1. The number of carboxylic acid groups (broad SMARTS) is 1. The van der Waals surface area contributed by atoms with E-state index in [0.29, 0.717) is 29.7 Å². The zero-order valence-corrected chi connectivity index (χ0v) is 27.8. The zero-order chi connectivity index (χ0) is 38.3. The molecule has 1 aromatic heterocycles. The number of halogens is 5. The van der Waals surface area contributed by atoms with E-state index in [1.807, 2.05) is 48.5 Å². The number of nitrogens with zero attached hydrogens (tertiary/aromatic N) is 3. The third-order valence-electron chi connectivity index (χ3n) is 8.33. The summed E-state index contributed by atoms with van der Waals surface area (Å²) < 4.78 is 65.2. The fourth-order valence-electron chi connectivity index (χ4n) is 5.75. The summed E-state index contributed by atoms with van der Waals surface area (Å²) in [4.78, 5) is 39.7. The van der Waals surface area contributed by atoms with Gasteiger partial charge in [0.25, 0.3) is 11.8 Å². The van der Waals surface area contributed by atoms with Gasteiger partial charge in [0.05, 0.1) is 30.2 Å². The Balaban J connectivity index is 0.000000705. The normalized spacial score (nSPS) is 15.6. The number of aliphatic carboxylic acids is 1. The van der Waals surface area contributed by atoms with Crippen LogP contribution in [-0.4, -0.2) is 76.7 Å². The molecule has 1 aliphatic rings. The van der Waals surface area contributed by atoms with E-state index in [9.17, 15) is 31.5 Å². The van der Waals surface area contributed by atoms with Crippen molar-refractivity contribution in [1.29, 1.82) is 5.26 Å². The summed E-state index contributed by atoms with van der Waals surface area (Å²) in [6.45, 7) is -1.00. The van der Waals surface area contributed by atoms with Gasteiger partial charge >= 0.3 is 12.1 Å². The highest BCUT2D eigenvalue weighted by Gasteiger charge is 2.47. The lowest BCUT2D eigenvalue weighted by Gasteiger charge is -2.19. The summed E-state index contributed by atoms with van der Waals surface area (Å²) in [6, 6.07) is 29.5. The van der Waals surface area contributed by atoms with Crippen LogP contribution in [0.25, 0.3) is 32.8 Å². The summed E-state index contributed by atoms with van der Waals surface area (Å²) in [5.41, 5.74) is 10.1. The summed E-state index contributed by atoms with van der Waals surface area (Å²) in [5, 5.41) is 21.7. The number of ether oxygens (including phenoxy) is 1. The molecule has 2 atom stereocenters. The molecule has 1 saturated heterocycles. The molecular weight excluding hydrogens is 701 g/mol. The highest BCUT2D eigenvalue weighted by molar-refractivity contribution is 6.07. The molecule has 15 heteroatoms. The van der Waals surface area contributed by atoms with Crippen LogP contribution in [0.1, 0.15) is 22.3 Å². The number of nitrogens with two attached hydrogens (primary N) is 1. The number of benzene rings is 4. The number of fused-ring (bicyclic) bond motifs is 2. The molecule has 2 amide bonds. The molecule has 274 valence electrons. The van der Waals surface area contributed by atoms with E-state index in [2.05, 4.69) is 40.6 Å². The van der Waals surface area contributed by atoms with Crippen molar-refractivity contribution in [3.8, 4) is 22.9 Å². The van der Waals surface area contributed by atoms with Crippen molar-refractivity contribution in [2.45, 2.75) is 37.0 Å². The van der Waals surface area contributed by atoms with E-state index < -0.39 is 55.4 Å². The van der Waals surface area contributed by atoms with Crippen molar-refractivity contribution in [2.75, 3.05) is 19.7 Å². The third kappa shape index (κ3) is 9.80. The Morgan fingerprint density at radius 2 is 1.68 bits per heavy atom. The van der Waals surface area contributed by atoms with Crippen LogP contribution < -0.4 is 15.8 Å². The smallest absolute Gasteiger partial charge is 0.490 e. The second-order valence-electron chi connectivity index (χ2n) is 12.3. The summed E-state index contributed by atoms with van der Waals surface area (Å²) in [7, 11) is 0. The van der Waals surface area contributed by atoms with Gasteiger partial charge in [-0.25, -0.2) is 13.6 Å². The number of pyridine rings is 1. The fraction of sp³-hybridized carbons (Fsp3) is 0.237. The molecule has 10 nitrogen and oxygen atoms in total. The van der Waals surface area contributed by atoms with Crippen molar-refractivity contribution in [2.24, 2.45) is 5.73 Å². The van der Waals surface area contributed by atoms with Crippen LogP contribution in [0.2, 0.25) is 0 Å². The lowest BCUT2D eigenvalue weighted by atomic mass is 10.0. The number of aromatic nitrogens is 1. The molecule has 0 radical (unpaired) electrons. The van der Waals surface area contributed by atoms with Crippen molar-refractivity contribution >= 4 is 39.5 Å². The molecular formula is C38H32F5N5O5. The third-order valence-corrected chi connectivity index (χ3v) is 8.33. The number of nitriles is 1. The average molecular weight is 734 g/mol. The quantitative estimate of drug-likeness (QED) is 0.153. The Kier molecular flexibility index (Phi) is 11.5. The van der Waals surface area contributed by atoms with Crippen molar-refractivity contribution in [1.82, 2.24) is 15.2 Å². The van der Waals surface area contributed by atoms with E-state index in [0.717, 1.165) is 21.6 Å². The monoisotopic (exact) mass is 733 g/mol. The predicted octanol–water partition coefficient (Wildman–Crippen LogP) is 6.13. The topological polar surface area (TPSA) is 159 Å². The van der Waals surface area contributed by atoms with E-state index in [4.69, 9.17) is 25.6 Å². The lowest BCUT2D eigenvalue weighted by Crippen LogP contribution is -2.43. The van der Waals surface area contributed by atoms with Gasteiger partial charge in [-0.2, -0.15) is 18.4 Å². The summed E-state index contributed by atoms with van der Waals surface area (Å²) in [6.07, 6.45) is -3.62. The second kappa shape index (κ2) is 16.0. The van der Waals surface area contributed by atoms with Gasteiger partial charge in [-0.05, 0) is 64.2 Å². The number of rotatable bonds is 9. The van der Waals surface area contributed by atoms with Gasteiger partial charge in [-0.1, -0.05) is 60.7 Å². The van der Waals surface area contributed by atoms with Gasteiger partial charge in [-0.15, -0.1) is 0 Å². The van der Waals surface area contributed by atoms with Gasteiger partial charge < -0.3 is 25.8 Å². The molecule has 6 rings (SSSR count). The summed E-state index contributed by atoms with van der Waals surface area (Å²) >= 11 is 0. The molecule has 0 unspecified atom stereocenters.